The maximum atomic E-state index is 5.68. The van der Waals surface area contributed by atoms with E-state index >= 15 is 0 Å². The molecule has 1 aliphatic heterocycles. The lowest BCUT2D eigenvalue weighted by Crippen LogP contribution is -2.35. The summed E-state index contributed by atoms with van der Waals surface area (Å²) >= 11 is 0. The smallest absolute Gasteiger partial charge is 0.0670 e. The van der Waals surface area contributed by atoms with Gasteiger partial charge in [0.1, 0.15) is 0 Å². The Labute approximate surface area is 90.8 Å². The molecule has 15 heavy (non-hydrogen) atoms. The van der Waals surface area contributed by atoms with Gasteiger partial charge in [-0.1, -0.05) is 0 Å². The van der Waals surface area contributed by atoms with E-state index < -0.39 is 0 Å². The number of nitrogens with zero attached hydrogens (tertiary/aromatic N) is 1. The number of rotatable bonds is 3. The molecule has 0 spiro atoms. The summed E-state index contributed by atoms with van der Waals surface area (Å²) in [5.74, 6) is 0. The highest BCUT2D eigenvalue weighted by Crippen LogP contribution is 2.22. The van der Waals surface area contributed by atoms with Crippen molar-refractivity contribution in [2.24, 2.45) is 0 Å². The molecule has 1 fully saturated rings. The molecule has 0 saturated carbocycles. The Morgan fingerprint density at radius 2 is 2.13 bits per heavy atom. The first-order valence-corrected chi connectivity index (χ1v) is 5.51. The van der Waals surface area contributed by atoms with Crippen LogP contribution in [0.25, 0.3) is 0 Å². The monoisotopic (exact) mass is 206 g/mol. The predicted octanol–water partition coefficient (Wildman–Crippen LogP) is 1.88. The molecule has 0 aliphatic carbocycles. The molecule has 1 atom stereocenters. The van der Waals surface area contributed by atoms with Gasteiger partial charge in [0.2, 0.25) is 0 Å². The molecule has 0 bridgehead atoms. The van der Waals surface area contributed by atoms with Crippen molar-refractivity contribution in [3.8, 4) is 0 Å². The van der Waals surface area contributed by atoms with Crippen LogP contribution in [0.5, 0.6) is 0 Å². The largest absolute Gasteiger partial charge is 0.399 e. The molecule has 2 N–H and O–H groups in total. The highest BCUT2D eigenvalue weighted by atomic mass is 16.5. The fraction of sp³-hybridized carbons (Fsp3) is 0.500. The van der Waals surface area contributed by atoms with Gasteiger partial charge in [-0.3, -0.25) is 0 Å². The van der Waals surface area contributed by atoms with Crippen LogP contribution in [0.2, 0.25) is 0 Å². The van der Waals surface area contributed by atoms with E-state index in [0.717, 1.165) is 31.9 Å². The Morgan fingerprint density at radius 3 is 2.67 bits per heavy atom. The highest BCUT2D eigenvalue weighted by Gasteiger charge is 2.22. The van der Waals surface area contributed by atoms with Crippen LogP contribution in [-0.2, 0) is 4.74 Å². The van der Waals surface area contributed by atoms with Crippen LogP contribution in [-0.4, -0.2) is 25.8 Å². The predicted molar refractivity (Wildman–Crippen MR) is 63.1 cm³/mol. The molecule has 1 unspecified atom stereocenters. The minimum Gasteiger partial charge on any atom is -0.399 e. The van der Waals surface area contributed by atoms with E-state index in [4.69, 9.17) is 10.5 Å². The molecule has 0 aromatic heterocycles. The maximum Gasteiger partial charge on any atom is 0.0670 e. The minimum atomic E-state index is 0.527. The number of likely N-dealkylation sites (N-methyl/N-ethyl adjacent to an activating group) is 1. The molecule has 1 saturated heterocycles. The lowest BCUT2D eigenvalue weighted by atomic mass is 10.2. The van der Waals surface area contributed by atoms with Gasteiger partial charge in [0.15, 0.2) is 0 Å². The van der Waals surface area contributed by atoms with Gasteiger partial charge in [-0.05, 0) is 37.6 Å². The number of anilines is 2. The highest BCUT2D eigenvalue weighted by molar-refractivity contribution is 5.53. The Bertz CT molecular complexity index is 304. The lowest BCUT2D eigenvalue weighted by Gasteiger charge is -2.28. The van der Waals surface area contributed by atoms with Crippen LogP contribution in [0.3, 0.4) is 0 Å². The van der Waals surface area contributed by atoms with E-state index in [0.29, 0.717) is 6.04 Å². The van der Waals surface area contributed by atoms with E-state index in [1.165, 1.54) is 5.69 Å². The topological polar surface area (TPSA) is 38.5 Å². The van der Waals surface area contributed by atoms with Gasteiger partial charge in [0.05, 0.1) is 12.6 Å². The maximum absolute atomic E-state index is 5.68. The molecule has 1 heterocycles. The molecule has 82 valence electrons. The molecule has 0 amide bonds. The zero-order valence-electron chi connectivity index (χ0n) is 9.15. The van der Waals surface area contributed by atoms with Crippen molar-refractivity contribution in [3.63, 3.8) is 0 Å². The molecule has 1 aliphatic rings. The van der Waals surface area contributed by atoms with Crippen LogP contribution < -0.4 is 10.6 Å². The van der Waals surface area contributed by atoms with Crippen molar-refractivity contribution in [2.75, 3.05) is 30.4 Å². The fourth-order valence-electron chi connectivity index (χ4n) is 2.09. The Hall–Kier alpha value is -1.22. The van der Waals surface area contributed by atoms with E-state index in [-0.39, 0.29) is 0 Å². The second-order valence-electron chi connectivity index (χ2n) is 3.89. The van der Waals surface area contributed by atoms with Crippen molar-refractivity contribution in [2.45, 2.75) is 19.4 Å². The third kappa shape index (κ3) is 2.23. The summed E-state index contributed by atoms with van der Waals surface area (Å²) in [5, 5.41) is 0. The average Bonchev–Trinajstić information content (AvgIpc) is 2.75. The Balaban J connectivity index is 2.14. The van der Waals surface area contributed by atoms with Crippen molar-refractivity contribution < 1.29 is 4.74 Å². The normalized spacial score (nSPS) is 20.5. The standard InChI is InChI=1S/C12H18N2O/c1-2-14(12-7-8-15-9-12)11-5-3-10(13)4-6-11/h3-6,12H,2,7-9,13H2,1H3. The van der Waals surface area contributed by atoms with Crippen LogP contribution >= 0.6 is 0 Å². The van der Waals surface area contributed by atoms with Gasteiger partial charge in [-0.25, -0.2) is 0 Å². The second-order valence-corrected chi connectivity index (χ2v) is 3.89. The summed E-state index contributed by atoms with van der Waals surface area (Å²) in [6.45, 7) is 4.92. The SMILES string of the molecule is CCN(c1ccc(N)cc1)C1CCOC1. The van der Waals surface area contributed by atoms with E-state index in [1.807, 2.05) is 12.1 Å². The molecule has 1 aromatic rings. The number of hydrogen-bond donors (Lipinski definition) is 1. The van der Waals surface area contributed by atoms with Crippen LogP contribution in [0.15, 0.2) is 24.3 Å². The molecular formula is C12H18N2O. The number of nitrogen functional groups attached to an aromatic ring is 1. The van der Waals surface area contributed by atoms with Crippen LogP contribution in [0.4, 0.5) is 11.4 Å². The summed E-state index contributed by atoms with van der Waals surface area (Å²) < 4.78 is 5.42. The van der Waals surface area contributed by atoms with Gasteiger partial charge < -0.3 is 15.4 Å². The Kier molecular flexibility index (Phi) is 3.11. The average molecular weight is 206 g/mol. The van der Waals surface area contributed by atoms with Crippen molar-refractivity contribution in [1.29, 1.82) is 0 Å². The zero-order valence-corrected chi connectivity index (χ0v) is 9.15. The molecule has 3 nitrogen and oxygen atoms in total. The molecule has 1 aromatic carbocycles. The summed E-state index contributed by atoms with van der Waals surface area (Å²) in [5.41, 5.74) is 7.73. The third-order valence-corrected chi connectivity index (χ3v) is 2.91. The second kappa shape index (κ2) is 4.53. The third-order valence-electron chi connectivity index (χ3n) is 2.91. The van der Waals surface area contributed by atoms with Crippen molar-refractivity contribution >= 4 is 11.4 Å². The minimum absolute atomic E-state index is 0.527. The summed E-state index contributed by atoms with van der Waals surface area (Å²) in [7, 11) is 0. The number of benzene rings is 1. The number of ether oxygens (including phenoxy) is 1. The summed E-state index contributed by atoms with van der Waals surface area (Å²) in [6.07, 6.45) is 1.12. The first kappa shape index (κ1) is 10.3. The Morgan fingerprint density at radius 1 is 1.40 bits per heavy atom. The molecule has 3 heteroatoms. The number of hydrogen-bond acceptors (Lipinski definition) is 3. The zero-order chi connectivity index (χ0) is 10.7. The molecule has 0 radical (unpaired) electrons. The van der Waals surface area contributed by atoms with Crippen LogP contribution in [0.1, 0.15) is 13.3 Å². The van der Waals surface area contributed by atoms with E-state index in [2.05, 4.69) is 24.0 Å². The first-order valence-electron chi connectivity index (χ1n) is 5.51. The van der Waals surface area contributed by atoms with Gasteiger partial charge in [-0.2, -0.15) is 0 Å². The molecular weight excluding hydrogens is 188 g/mol. The van der Waals surface area contributed by atoms with Crippen molar-refractivity contribution in [1.82, 2.24) is 0 Å². The van der Waals surface area contributed by atoms with Crippen LogP contribution in [0, 0.1) is 0 Å². The van der Waals surface area contributed by atoms with Gasteiger partial charge in [0, 0.05) is 24.5 Å². The van der Waals surface area contributed by atoms with Gasteiger partial charge in [-0.15, -0.1) is 0 Å². The van der Waals surface area contributed by atoms with Crippen molar-refractivity contribution in [3.05, 3.63) is 24.3 Å². The van der Waals surface area contributed by atoms with Gasteiger partial charge in [0.25, 0.3) is 0 Å². The van der Waals surface area contributed by atoms with E-state index in [1.54, 1.807) is 0 Å². The molecule has 2 rings (SSSR count). The van der Waals surface area contributed by atoms with E-state index in [9.17, 15) is 0 Å². The number of nitrogens with two attached hydrogens (primary N) is 1. The van der Waals surface area contributed by atoms with Gasteiger partial charge >= 0.3 is 0 Å². The summed E-state index contributed by atoms with van der Waals surface area (Å²) in [6, 6.07) is 8.59. The first-order chi connectivity index (χ1) is 7.31. The quantitative estimate of drug-likeness (QED) is 0.767. The lowest BCUT2D eigenvalue weighted by molar-refractivity contribution is 0.193. The fourth-order valence-corrected chi connectivity index (χ4v) is 2.09. The summed E-state index contributed by atoms with van der Waals surface area (Å²) in [4.78, 5) is 2.38.